The Morgan fingerprint density at radius 2 is 2.06 bits per heavy atom. The maximum Gasteiger partial charge on any atom is 0.236 e. The third kappa shape index (κ3) is 4.12. The maximum atomic E-state index is 11.7. The van der Waals surface area contributed by atoms with E-state index in [0.29, 0.717) is 11.3 Å². The zero-order valence-electron chi connectivity index (χ0n) is 10.9. The molecular formula is C13H26N2O. The molecule has 0 spiro atoms. The number of hydrogen-bond donors (Lipinski definition) is 2. The molecule has 1 fully saturated rings. The van der Waals surface area contributed by atoms with Gasteiger partial charge in [-0.05, 0) is 37.0 Å². The molecule has 3 heteroatoms. The number of nitrogens with two attached hydrogens (primary N) is 1. The summed E-state index contributed by atoms with van der Waals surface area (Å²) in [6, 6.07) is -0.336. The molecule has 1 saturated carbocycles. The van der Waals surface area contributed by atoms with Crippen molar-refractivity contribution in [1.29, 1.82) is 0 Å². The van der Waals surface area contributed by atoms with Gasteiger partial charge in [0.2, 0.25) is 5.91 Å². The lowest BCUT2D eigenvalue weighted by Crippen LogP contribution is -2.43. The third-order valence-electron chi connectivity index (χ3n) is 3.44. The Labute approximate surface area is 99.2 Å². The van der Waals surface area contributed by atoms with Crippen LogP contribution in [0.5, 0.6) is 0 Å². The quantitative estimate of drug-likeness (QED) is 0.698. The highest BCUT2D eigenvalue weighted by atomic mass is 16.2. The number of amides is 1. The molecule has 16 heavy (non-hydrogen) atoms. The van der Waals surface area contributed by atoms with Gasteiger partial charge in [-0.2, -0.15) is 0 Å². The topological polar surface area (TPSA) is 55.1 Å². The second-order valence-corrected chi connectivity index (χ2v) is 5.70. The molecule has 3 N–H and O–H groups in total. The average molecular weight is 226 g/mol. The molecule has 0 aromatic carbocycles. The Kier molecular flexibility index (Phi) is 4.78. The SMILES string of the molecule is CCCC1(CNC(=O)[C@H](N)CC(C)C)CC1. The molecule has 3 nitrogen and oxygen atoms in total. The first-order valence-electron chi connectivity index (χ1n) is 6.52. The van der Waals surface area contributed by atoms with Crippen molar-refractivity contribution in [2.24, 2.45) is 17.1 Å². The molecule has 0 bridgehead atoms. The van der Waals surface area contributed by atoms with Crippen molar-refractivity contribution < 1.29 is 4.79 Å². The summed E-state index contributed by atoms with van der Waals surface area (Å²) in [5.74, 6) is 0.502. The molecule has 1 rings (SSSR count). The predicted molar refractivity (Wildman–Crippen MR) is 67.0 cm³/mol. The molecule has 0 aliphatic heterocycles. The maximum absolute atomic E-state index is 11.7. The minimum Gasteiger partial charge on any atom is -0.354 e. The highest BCUT2D eigenvalue weighted by Gasteiger charge is 2.41. The van der Waals surface area contributed by atoms with E-state index in [1.165, 1.54) is 25.7 Å². The van der Waals surface area contributed by atoms with Gasteiger partial charge in [0.15, 0.2) is 0 Å². The molecule has 0 aromatic heterocycles. The minimum absolute atomic E-state index is 0.0241. The predicted octanol–water partition coefficient (Wildman–Crippen LogP) is 2.06. The van der Waals surface area contributed by atoms with E-state index in [1.54, 1.807) is 0 Å². The lowest BCUT2D eigenvalue weighted by molar-refractivity contribution is -0.123. The van der Waals surface area contributed by atoms with E-state index in [4.69, 9.17) is 5.73 Å². The number of nitrogens with one attached hydrogen (secondary N) is 1. The summed E-state index contributed by atoms with van der Waals surface area (Å²) in [6.45, 7) is 7.21. The van der Waals surface area contributed by atoms with E-state index in [9.17, 15) is 4.79 Å². The Bertz CT molecular complexity index is 234. The normalized spacial score (nSPS) is 19.6. The molecule has 0 heterocycles. The van der Waals surface area contributed by atoms with Crippen molar-refractivity contribution in [2.45, 2.75) is 58.9 Å². The van der Waals surface area contributed by atoms with Gasteiger partial charge in [-0.1, -0.05) is 27.2 Å². The van der Waals surface area contributed by atoms with Gasteiger partial charge < -0.3 is 11.1 Å². The molecule has 0 aromatic rings. The lowest BCUT2D eigenvalue weighted by atomic mass is 10.00. The Morgan fingerprint density at radius 1 is 1.44 bits per heavy atom. The summed E-state index contributed by atoms with van der Waals surface area (Å²) in [4.78, 5) is 11.7. The van der Waals surface area contributed by atoms with Crippen LogP contribution in [0.1, 0.15) is 52.9 Å². The summed E-state index contributed by atoms with van der Waals surface area (Å²) in [5.41, 5.74) is 6.25. The first kappa shape index (κ1) is 13.5. The van der Waals surface area contributed by atoms with E-state index in [0.717, 1.165) is 13.0 Å². The van der Waals surface area contributed by atoms with Gasteiger partial charge in [0, 0.05) is 6.54 Å². The highest BCUT2D eigenvalue weighted by molar-refractivity contribution is 5.81. The van der Waals surface area contributed by atoms with Crippen molar-refractivity contribution in [2.75, 3.05) is 6.54 Å². The zero-order valence-corrected chi connectivity index (χ0v) is 10.9. The van der Waals surface area contributed by atoms with Crippen LogP contribution < -0.4 is 11.1 Å². The van der Waals surface area contributed by atoms with Gasteiger partial charge in [-0.25, -0.2) is 0 Å². The summed E-state index contributed by atoms with van der Waals surface area (Å²) in [7, 11) is 0. The summed E-state index contributed by atoms with van der Waals surface area (Å²) < 4.78 is 0. The fourth-order valence-electron chi connectivity index (χ4n) is 2.24. The average Bonchev–Trinajstić information content (AvgIpc) is 2.94. The standard InChI is InChI=1S/C13H26N2O/c1-4-5-13(6-7-13)9-15-12(16)11(14)8-10(2)3/h10-11H,4-9,14H2,1-3H3,(H,15,16)/t11-/m1/s1. The van der Waals surface area contributed by atoms with Gasteiger partial charge in [-0.15, -0.1) is 0 Å². The van der Waals surface area contributed by atoms with E-state index >= 15 is 0 Å². The molecule has 0 unspecified atom stereocenters. The van der Waals surface area contributed by atoms with Crippen molar-refractivity contribution in [3.8, 4) is 0 Å². The van der Waals surface area contributed by atoms with E-state index in [2.05, 4.69) is 26.1 Å². The number of carbonyl (C=O) groups excluding carboxylic acids is 1. The molecule has 1 aliphatic carbocycles. The lowest BCUT2D eigenvalue weighted by Gasteiger charge is -2.18. The van der Waals surface area contributed by atoms with Crippen molar-refractivity contribution in [3.63, 3.8) is 0 Å². The second kappa shape index (κ2) is 5.67. The van der Waals surface area contributed by atoms with Gasteiger partial charge in [-0.3, -0.25) is 4.79 Å². The van der Waals surface area contributed by atoms with Crippen LogP contribution in [0.25, 0.3) is 0 Å². The van der Waals surface area contributed by atoms with Crippen molar-refractivity contribution in [3.05, 3.63) is 0 Å². The number of carbonyl (C=O) groups is 1. The first-order chi connectivity index (χ1) is 7.49. The molecule has 1 atom stereocenters. The number of hydrogen-bond acceptors (Lipinski definition) is 2. The van der Waals surface area contributed by atoms with Crippen molar-refractivity contribution in [1.82, 2.24) is 5.32 Å². The fourth-order valence-corrected chi connectivity index (χ4v) is 2.24. The van der Waals surface area contributed by atoms with Gasteiger partial charge in [0.05, 0.1) is 6.04 Å². The van der Waals surface area contributed by atoms with Crippen LogP contribution in [0.4, 0.5) is 0 Å². The molecule has 94 valence electrons. The van der Waals surface area contributed by atoms with Crippen LogP contribution in [0, 0.1) is 11.3 Å². The first-order valence-corrected chi connectivity index (χ1v) is 6.52. The van der Waals surface area contributed by atoms with E-state index in [1.807, 2.05) is 0 Å². The molecule has 0 saturated heterocycles. The zero-order chi connectivity index (χ0) is 12.2. The largest absolute Gasteiger partial charge is 0.354 e. The van der Waals surface area contributed by atoms with Crippen LogP contribution in [-0.2, 0) is 4.79 Å². The van der Waals surface area contributed by atoms with Crippen LogP contribution in [0.15, 0.2) is 0 Å². The van der Waals surface area contributed by atoms with Crippen molar-refractivity contribution >= 4 is 5.91 Å². The van der Waals surface area contributed by atoms with Gasteiger partial charge in [0.1, 0.15) is 0 Å². The molecule has 1 aliphatic rings. The molecular weight excluding hydrogens is 200 g/mol. The highest BCUT2D eigenvalue weighted by Crippen LogP contribution is 2.48. The monoisotopic (exact) mass is 226 g/mol. The van der Waals surface area contributed by atoms with E-state index < -0.39 is 0 Å². The van der Waals surface area contributed by atoms with Crippen LogP contribution in [0.2, 0.25) is 0 Å². The molecule has 0 radical (unpaired) electrons. The van der Waals surface area contributed by atoms with Crippen LogP contribution in [-0.4, -0.2) is 18.5 Å². The third-order valence-corrected chi connectivity index (χ3v) is 3.44. The van der Waals surface area contributed by atoms with Crippen LogP contribution >= 0.6 is 0 Å². The Hall–Kier alpha value is -0.570. The summed E-state index contributed by atoms with van der Waals surface area (Å²) in [6.07, 6.45) is 5.73. The smallest absolute Gasteiger partial charge is 0.236 e. The Morgan fingerprint density at radius 3 is 2.50 bits per heavy atom. The molecule has 1 amide bonds. The van der Waals surface area contributed by atoms with Crippen LogP contribution in [0.3, 0.4) is 0 Å². The van der Waals surface area contributed by atoms with E-state index in [-0.39, 0.29) is 11.9 Å². The second-order valence-electron chi connectivity index (χ2n) is 5.70. The minimum atomic E-state index is -0.336. The van der Waals surface area contributed by atoms with Gasteiger partial charge in [0.25, 0.3) is 0 Å². The summed E-state index contributed by atoms with van der Waals surface area (Å²) in [5, 5.41) is 3.01. The summed E-state index contributed by atoms with van der Waals surface area (Å²) >= 11 is 0. The van der Waals surface area contributed by atoms with Gasteiger partial charge >= 0.3 is 0 Å². The Balaban J connectivity index is 2.24. The fraction of sp³-hybridized carbons (Fsp3) is 0.923. The number of rotatable bonds is 7.